The van der Waals surface area contributed by atoms with Gasteiger partial charge in [-0.1, -0.05) is 54.6 Å². The molecule has 0 bridgehead atoms. The molecule has 0 saturated carbocycles. The van der Waals surface area contributed by atoms with Gasteiger partial charge in [0.05, 0.1) is 20.4 Å². The molecular formula is C29H16N2S2. The Morgan fingerprint density at radius 3 is 1.85 bits per heavy atom. The summed E-state index contributed by atoms with van der Waals surface area (Å²) >= 11 is 3.85. The van der Waals surface area contributed by atoms with Gasteiger partial charge in [0.15, 0.2) is 0 Å². The summed E-state index contributed by atoms with van der Waals surface area (Å²) in [5.74, 6) is 0. The molecule has 2 nitrogen and oxygen atoms in total. The molecule has 8 rings (SSSR count). The molecule has 0 fully saturated rings. The number of benzene rings is 4. The van der Waals surface area contributed by atoms with Crippen LogP contribution in [-0.4, -0.2) is 9.55 Å². The second-order valence-corrected chi connectivity index (χ2v) is 10.5. The van der Waals surface area contributed by atoms with E-state index in [2.05, 4.69) is 94.5 Å². The SMILES string of the molecule is c1ccc2c(c1)sc1c3sc4ccccc4c3c3c(c4ccccc4n3-c3ccncc3)c21. The summed E-state index contributed by atoms with van der Waals surface area (Å²) in [6.07, 6.45) is 3.77. The van der Waals surface area contributed by atoms with Crippen LogP contribution in [0.25, 0.3) is 67.8 Å². The lowest BCUT2D eigenvalue weighted by molar-refractivity contribution is 1.16. The van der Waals surface area contributed by atoms with Crippen molar-refractivity contribution in [3.63, 3.8) is 0 Å². The Kier molecular flexibility index (Phi) is 3.45. The summed E-state index contributed by atoms with van der Waals surface area (Å²) in [6, 6.07) is 30.8. The molecule has 154 valence electrons. The predicted octanol–water partition coefficient (Wildman–Crippen LogP) is 8.91. The molecule has 0 aliphatic rings. The van der Waals surface area contributed by atoms with Crippen LogP contribution in [0.4, 0.5) is 0 Å². The summed E-state index contributed by atoms with van der Waals surface area (Å²) in [5.41, 5.74) is 3.68. The van der Waals surface area contributed by atoms with Crippen LogP contribution >= 0.6 is 22.7 Å². The van der Waals surface area contributed by atoms with Crippen molar-refractivity contribution in [2.24, 2.45) is 0 Å². The fourth-order valence-electron chi connectivity index (χ4n) is 5.39. The van der Waals surface area contributed by atoms with E-state index < -0.39 is 0 Å². The molecule has 4 aromatic heterocycles. The standard InChI is InChI=1S/C29H16N2S2/c1-4-10-21-18(7-1)24-25-19-8-2-5-11-22(19)32-28(25)29-26(20-9-3-6-12-23(20)33-29)27(24)31(21)17-13-15-30-16-14-17/h1-16H. The summed E-state index contributed by atoms with van der Waals surface area (Å²) in [4.78, 5) is 4.29. The molecule has 0 N–H and O–H groups in total. The number of thiophene rings is 2. The molecule has 0 aliphatic heterocycles. The van der Waals surface area contributed by atoms with Crippen LogP contribution in [0.5, 0.6) is 0 Å². The molecule has 33 heavy (non-hydrogen) atoms. The van der Waals surface area contributed by atoms with Gasteiger partial charge in [0.2, 0.25) is 0 Å². The van der Waals surface area contributed by atoms with Crippen LogP contribution < -0.4 is 0 Å². The van der Waals surface area contributed by atoms with E-state index in [4.69, 9.17) is 0 Å². The molecule has 0 spiro atoms. The number of hydrogen-bond acceptors (Lipinski definition) is 3. The Morgan fingerprint density at radius 1 is 0.545 bits per heavy atom. The van der Waals surface area contributed by atoms with Gasteiger partial charge >= 0.3 is 0 Å². The zero-order valence-corrected chi connectivity index (χ0v) is 19.1. The first-order valence-corrected chi connectivity index (χ1v) is 12.6. The fourth-order valence-corrected chi connectivity index (χ4v) is 7.94. The van der Waals surface area contributed by atoms with Gasteiger partial charge in [-0.3, -0.25) is 4.98 Å². The molecule has 0 aliphatic carbocycles. The van der Waals surface area contributed by atoms with Crippen molar-refractivity contribution in [1.82, 2.24) is 9.55 Å². The summed E-state index contributed by atoms with van der Waals surface area (Å²) in [7, 11) is 0. The topological polar surface area (TPSA) is 17.8 Å². The quantitative estimate of drug-likeness (QED) is 0.241. The van der Waals surface area contributed by atoms with E-state index in [-0.39, 0.29) is 0 Å². The summed E-state index contributed by atoms with van der Waals surface area (Å²) < 4.78 is 7.92. The number of para-hydroxylation sites is 1. The fraction of sp³-hybridized carbons (Fsp3) is 0. The minimum atomic E-state index is 1.15. The summed E-state index contributed by atoms with van der Waals surface area (Å²) in [5, 5.41) is 8.08. The highest BCUT2D eigenvalue weighted by Crippen LogP contribution is 2.51. The van der Waals surface area contributed by atoms with Gasteiger partial charge in [-0.15, -0.1) is 22.7 Å². The first-order chi connectivity index (χ1) is 16.4. The number of rotatable bonds is 1. The third-order valence-corrected chi connectivity index (χ3v) is 9.19. The van der Waals surface area contributed by atoms with Crippen molar-refractivity contribution in [3.8, 4) is 5.69 Å². The number of fused-ring (bicyclic) bond motifs is 12. The predicted molar refractivity (Wildman–Crippen MR) is 144 cm³/mol. The van der Waals surface area contributed by atoms with Crippen molar-refractivity contribution < 1.29 is 0 Å². The van der Waals surface area contributed by atoms with E-state index in [1.165, 1.54) is 62.2 Å². The minimum Gasteiger partial charge on any atom is -0.308 e. The molecular weight excluding hydrogens is 440 g/mol. The number of pyridine rings is 1. The van der Waals surface area contributed by atoms with E-state index in [0.717, 1.165) is 5.69 Å². The first kappa shape index (κ1) is 17.8. The molecule has 0 atom stereocenters. The second kappa shape index (κ2) is 6.41. The highest BCUT2D eigenvalue weighted by atomic mass is 32.1. The van der Waals surface area contributed by atoms with Crippen LogP contribution in [0.3, 0.4) is 0 Å². The normalized spacial score (nSPS) is 12.2. The van der Waals surface area contributed by atoms with E-state index in [9.17, 15) is 0 Å². The smallest absolute Gasteiger partial charge is 0.0641 e. The molecule has 8 aromatic rings. The molecule has 4 aromatic carbocycles. The molecule has 4 heterocycles. The molecule has 0 radical (unpaired) electrons. The van der Waals surface area contributed by atoms with Crippen LogP contribution in [-0.2, 0) is 0 Å². The lowest BCUT2D eigenvalue weighted by Crippen LogP contribution is -1.94. The first-order valence-electron chi connectivity index (χ1n) is 11.0. The van der Waals surface area contributed by atoms with E-state index in [1.54, 1.807) is 0 Å². The van der Waals surface area contributed by atoms with Crippen molar-refractivity contribution in [3.05, 3.63) is 97.3 Å². The minimum absolute atomic E-state index is 1.15. The number of aromatic nitrogens is 2. The monoisotopic (exact) mass is 456 g/mol. The van der Waals surface area contributed by atoms with Gasteiger partial charge in [0, 0.05) is 59.8 Å². The summed E-state index contributed by atoms with van der Waals surface area (Å²) in [6.45, 7) is 0. The van der Waals surface area contributed by atoms with Gasteiger partial charge in [0.25, 0.3) is 0 Å². The second-order valence-electron chi connectivity index (χ2n) is 8.39. The van der Waals surface area contributed by atoms with Crippen molar-refractivity contribution in [1.29, 1.82) is 0 Å². The maximum atomic E-state index is 4.29. The van der Waals surface area contributed by atoms with Crippen molar-refractivity contribution >= 4 is 84.8 Å². The Labute approximate surface area is 196 Å². The zero-order valence-electron chi connectivity index (χ0n) is 17.4. The Hall–Kier alpha value is -3.73. The Morgan fingerprint density at radius 2 is 1.12 bits per heavy atom. The maximum Gasteiger partial charge on any atom is 0.0641 e. The third-order valence-electron chi connectivity index (χ3n) is 6.68. The Balaban J connectivity index is 1.81. The van der Waals surface area contributed by atoms with Crippen LogP contribution in [0.1, 0.15) is 0 Å². The number of nitrogens with zero attached hydrogens (tertiary/aromatic N) is 2. The van der Waals surface area contributed by atoms with Gasteiger partial charge < -0.3 is 4.57 Å². The van der Waals surface area contributed by atoms with Crippen LogP contribution in [0.15, 0.2) is 97.3 Å². The molecule has 0 saturated heterocycles. The van der Waals surface area contributed by atoms with Crippen molar-refractivity contribution in [2.45, 2.75) is 0 Å². The lowest BCUT2D eigenvalue weighted by Gasteiger charge is -2.09. The highest BCUT2D eigenvalue weighted by Gasteiger charge is 2.23. The average molecular weight is 457 g/mol. The largest absolute Gasteiger partial charge is 0.308 e. The molecule has 4 heteroatoms. The van der Waals surface area contributed by atoms with E-state index in [1.807, 2.05) is 35.1 Å². The van der Waals surface area contributed by atoms with Crippen molar-refractivity contribution in [2.75, 3.05) is 0 Å². The maximum absolute atomic E-state index is 4.29. The molecule has 0 unspecified atom stereocenters. The van der Waals surface area contributed by atoms with E-state index in [0.29, 0.717) is 0 Å². The highest BCUT2D eigenvalue weighted by molar-refractivity contribution is 7.33. The van der Waals surface area contributed by atoms with Gasteiger partial charge in [0.1, 0.15) is 0 Å². The van der Waals surface area contributed by atoms with Crippen LogP contribution in [0, 0.1) is 0 Å². The van der Waals surface area contributed by atoms with Gasteiger partial charge in [-0.25, -0.2) is 0 Å². The Bertz CT molecular complexity index is 2020. The number of hydrogen-bond donors (Lipinski definition) is 0. The zero-order chi connectivity index (χ0) is 21.5. The lowest BCUT2D eigenvalue weighted by atomic mass is 10.0. The molecule has 0 amide bonds. The van der Waals surface area contributed by atoms with Gasteiger partial charge in [-0.05, 0) is 30.3 Å². The average Bonchev–Trinajstić information content (AvgIpc) is 3.54. The van der Waals surface area contributed by atoms with E-state index >= 15 is 0 Å². The van der Waals surface area contributed by atoms with Gasteiger partial charge in [-0.2, -0.15) is 0 Å². The van der Waals surface area contributed by atoms with Crippen LogP contribution in [0.2, 0.25) is 0 Å². The third kappa shape index (κ3) is 2.24.